The second-order valence-corrected chi connectivity index (χ2v) is 10.5. The molecule has 0 radical (unpaired) electrons. The van der Waals surface area contributed by atoms with Crippen molar-refractivity contribution in [2.75, 3.05) is 26.3 Å². The highest BCUT2D eigenvalue weighted by Crippen LogP contribution is 2.31. The first-order valence-corrected chi connectivity index (χ1v) is 13.3. The van der Waals surface area contributed by atoms with Gasteiger partial charge in [0.05, 0.1) is 25.2 Å². The number of fused-ring (bicyclic) bond motifs is 2. The zero-order valence-electron chi connectivity index (χ0n) is 20.3. The predicted molar refractivity (Wildman–Crippen MR) is 150 cm³/mol. The number of aliphatic imine (C=N–C) groups is 1. The van der Waals surface area contributed by atoms with Gasteiger partial charge in [-0.25, -0.2) is 0 Å². The molecule has 2 aromatic carbocycles. The fraction of sp³-hybridized carbons (Fsp3) is 0.222. The fourth-order valence-corrected chi connectivity index (χ4v) is 5.72. The van der Waals surface area contributed by atoms with Gasteiger partial charge in [0.25, 0.3) is 5.91 Å². The van der Waals surface area contributed by atoms with Crippen LogP contribution in [0.15, 0.2) is 70.4 Å². The van der Waals surface area contributed by atoms with E-state index in [0.717, 1.165) is 33.8 Å². The van der Waals surface area contributed by atoms with Crippen molar-refractivity contribution in [1.82, 2.24) is 14.5 Å². The standard InChI is InChI=1S/C27H23ClN6O3S/c28-21-7-3-1-5-17(21)15-33-16-18(19-6-2-4-8-22(19)33)13-20-25(29)34-27(30-26(20)36)38-23(31-34)14-24(35)32-9-11-37-12-10-32/h1-8,13,16,29H,9-12,14-15H2/b20-13+,29-25?. The number of morpholine rings is 1. The molecule has 3 aliphatic heterocycles. The van der Waals surface area contributed by atoms with Crippen molar-refractivity contribution in [3.8, 4) is 0 Å². The van der Waals surface area contributed by atoms with Gasteiger partial charge < -0.3 is 14.2 Å². The maximum atomic E-state index is 13.0. The zero-order chi connectivity index (χ0) is 26.2. The van der Waals surface area contributed by atoms with Crippen LogP contribution in [-0.2, 0) is 20.9 Å². The Kier molecular flexibility index (Phi) is 6.61. The van der Waals surface area contributed by atoms with Gasteiger partial charge in [0, 0.05) is 47.3 Å². The van der Waals surface area contributed by atoms with E-state index in [4.69, 9.17) is 21.7 Å². The van der Waals surface area contributed by atoms with Crippen LogP contribution < -0.4 is 0 Å². The molecule has 2 amide bonds. The van der Waals surface area contributed by atoms with Gasteiger partial charge in [-0.1, -0.05) is 48.0 Å². The molecule has 3 aromatic rings. The third-order valence-corrected chi connectivity index (χ3v) is 7.86. The molecule has 1 N–H and O–H groups in total. The van der Waals surface area contributed by atoms with Crippen molar-refractivity contribution in [1.29, 1.82) is 5.41 Å². The Morgan fingerprint density at radius 1 is 1.13 bits per heavy atom. The lowest BCUT2D eigenvalue weighted by atomic mass is 10.1. The summed E-state index contributed by atoms with van der Waals surface area (Å²) in [5.74, 6) is -0.628. The molecule has 1 saturated heterocycles. The van der Waals surface area contributed by atoms with Crippen LogP contribution >= 0.6 is 23.4 Å². The first kappa shape index (κ1) is 24.6. The number of nitrogens with zero attached hydrogens (tertiary/aromatic N) is 5. The normalized spacial score (nSPS) is 18.7. The van der Waals surface area contributed by atoms with Gasteiger partial charge >= 0.3 is 0 Å². The molecule has 192 valence electrons. The largest absolute Gasteiger partial charge is 0.378 e. The van der Waals surface area contributed by atoms with E-state index in [2.05, 4.69) is 14.7 Å². The molecule has 3 aliphatic rings. The van der Waals surface area contributed by atoms with Crippen LogP contribution in [0.1, 0.15) is 17.5 Å². The second-order valence-electron chi connectivity index (χ2n) is 9.00. The minimum Gasteiger partial charge on any atom is -0.378 e. The Morgan fingerprint density at radius 2 is 1.89 bits per heavy atom. The van der Waals surface area contributed by atoms with Crippen molar-refractivity contribution in [3.63, 3.8) is 0 Å². The average Bonchev–Trinajstić information content (AvgIpc) is 3.49. The Balaban J connectivity index is 1.28. The number of hydrazone groups is 1. The number of halogens is 1. The molecule has 1 aromatic heterocycles. The highest BCUT2D eigenvalue weighted by molar-refractivity contribution is 8.27. The van der Waals surface area contributed by atoms with Gasteiger partial charge in [-0.3, -0.25) is 15.0 Å². The molecule has 0 aliphatic carbocycles. The van der Waals surface area contributed by atoms with Gasteiger partial charge in [0.15, 0.2) is 5.84 Å². The van der Waals surface area contributed by atoms with Crippen LogP contribution in [0, 0.1) is 5.41 Å². The molecule has 0 bridgehead atoms. The molecule has 4 heterocycles. The number of benzene rings is 2. The van der Waals surface area contributed by atoms with E-state index in [9.17, 15) is 9.59 Å². The Morgan fingerprint density at radius 3 is 2.71 bits per heavy atom. The van der Waals surface area contributed by atoms with E-state index < -0.39 is 5.91 Å². The molecule has 11 heteroatoms. The number of aromatic nitrogens is 1. The molecule has 38 heavy (non-hydrogen) atoms. The molecule has 6 rings (SSSR count). The summed E-state index contributed by atoms with van der Waals surface area (Å²) in [4.78, 5) is 31.6. The number of para-hydroxylation sites is 1. The summed E-state index contributed by atoms with van der Waals surface area (Å²) in [5, 5.41) is 17.0. The Bertz CT molecular complexity index is 1570. The zero-order valence-corrected chi connectivity index (χ0v) is 21.8. The summed E-state index contributed by atoms with van der Waals surface area (Å²) in [7, 11) is 0. The average molecular weight is 547 g/mol. The summed E-state index contributed by atoms with van der Waals surface area (Å²) >= 11 is 7.56. The summed E-state index contributed by atoms with van der Waals surface area (Å²) in [6.45, 7) is 2.70. The maximum Gasteiger partial charge on any atom is 0.283 e. The monoisotopic (exact) mass is 546 g/mol. The second kappa shape index (κ2) is 10.2. The van der Waals surface area contributed by atoms with Crippen molar-refractivity contribution in [2.24, 2.45) is 10.1 Å². The van der Waals surface area contributed by atoms with Crippen LogP contribution in [-0.4, -0.2) is 68.6 Å². The number of hydrogen-bond acceptors (Lipinski definition) is 6. The van der Waals surface area contributed by atoms with Gasteiger partial charge in [-0.2, -0.15) is 15.1 Å². The number of nitrogens with one attached hydrogen (secondary N) is 1. The van der Waals surface area contributed by atoms with E-state index in [0.29, 0.717) is 48.1 Å². The van der Waals surface area contributed by atoms with E-state index in [1.54, 1.807) is 11.0 Å². The molecule has 0 atom stereocenters. The number of hydrogen-bond donors (Lipinski definition) is 1. The van der Waals surface area contributed by atoms with Crippen molar-refractivity contribution < 1.29 is 14.3 Å². The summed E-state index contributed by atoms with van der Waals surface area (Å²) in [6, 6.07) is 15.6. The third kappa shape index (κ3) is 4.66. The predicted octanol–water partition coefficient (Wildman–Crippen LogP) is 4.21. The third-order valence-electron chi connectivity index (χ3n) is 6.58. The van der Waals surface area contributed by atoms with Crippen LogP contribution in [0.25, 0.3) is 17.0 Å². The van der Waals surface area contributed by atoms with Gasteiger partial charge in [-0.05, 0) is 35.5 Å². The molecule has 0 spiro atoms. The fourth-order valence-electron chi connectivity index (χ4n) is 4.64. The van der Waals surface area contributed by atoms with E-state index in [1.807, 2.05) is 54.7 Å². The molecule has 0 saturated carbocycles. The van der Waals surface area contributed by atoms with Crippen molar-refractivity contribution in [2.45, 2.75) is 13.0 Å². The number of amides is 2. The number of rotatable bonds is 5. The Labute approximate surface area is 227 Å². The maximum absolute atomic E-state index is 13.0. The lowest BCUT2D eigenvalue weighted by Gasteiger charge is -2.26. The van der Waals surface area contributed by atoms with Gasteiger partial charge in [0.2, 0.25) is 11.1 Å². The lowest BCUT2D eigenvalue weighted by Crippen LogP contribution is -2.41. The first-order valence-electron chi connectivity index (χ1n) is 12.1. The van der Waals surface area contributed by atoms with Gasteiger partial charge in [0.1, 0.15) is 5.04 Å². The first-order chi connectivity index (χ1) is 18.5. The van der Waals surface area contributed by atoms with Crippen molar-refractivity contribution >= 4 is 68.2 Å². The molecule has 0 unspecified atom stereocenters. The highest BCUT2D eigenvalue weighted by atomic mass is 35.5. The van der Waals surface area contributed by atoms with Crippen LogP contribution in [0.2, 0.25) is 5.02 Å². The SMILES string of the molecule is N=C1/C(=C\c2cn(Cc3ccccc3Cl)c3ccccc23)C(=O)N=C2SC(CC(=O)N3CCOCC3)=NN12. The number of amidine groups is 2. The molecule has 1 fully saturated rings. The summed E-state index contributed by atoms with van der Waals surface area (Å²) in [6.07, 6.45) is 3.74. The Hall–Kier alpha value is -3.73. The molecular weight excluding hydrogens is 524 g/mol. The van der Waals surface area contributed by atoms with Gasteiger partial charge in [-0.15, -0.1) is 0 Å². The quantitative estimate of drug-likeness (QED) is 0.483. The van der Waals surface area contributed by atoms with E-state index >= 15 is 0 Å². The molecular formula is C27H23ClN6O3S. The smallest absolute Gasteiger partial charge is 0.283 e. The molecule has 9 nitrogen and oxygen atoms in total. The number of thioether (sulfide) groups is 1. The minimum atomic E-state index is -0.507. The van der Waals surface area contributed by atoms with Crippen LogP contribution in [0.4, 0.5) is 0 Å². The number of ether oxygens (including phenoxy) is 1. The van der Waals surface area contributed by atoms with E-state index in [-0.39, 0.29) is 23.7 Å². The van der Waals surface area contributed by atoms with Crippen LogP contribution in [0.5, 0.6) is 0 Å². The minimum absolute atomic E-state index is 0.0556. The van der Waals surface area contributed by atoms with E-state index in [1.165, 1.54) is 5.01 Å². The number of carbonyl (C=O) groups is 2. The topological polar surface area (TPSA) is 103 Å². The van der Waals surface area contributed by atoms with Crippen molar-refractivity contribution in [3.05, 3.63) is 76.5 Å². The summed E-state index contributed by atoms with van der Waals surface area (Å²) < 4.78 is 7.39. The van der Waals surface area contributed by atoms with Crippen LogP contribution in [0.3, 0.4) is 0 Å². The summed E-state index contributed by atoms with van der Waals surface area (Å²) in [5.41, 5.74) is 2.89. The highest BCUT2D eigenvalue weighted by Gasteiger charge is 2.36. The lowest BCUT2D eigenvalue weighted by molar-refractivity contribution is -0.133. The number of carbonyl (C=O) groups excluding carboxylic acids is 2.